The van der Waals surface area contributed by atoms with E-state index < -0.39 is 0 Å². The molecular formula is C24H33N7O2. The van der Waals surface area contributed by atoms with E-state index in [0.717, 1.165) is 80.9 Å². The van der Waals surface area contributed by atoms with Crippen LogP contribution in [0.2, 0.25) is 0 Å². The van der Waals surface area contributed by atoms with Crippen molar-refractivity contribution in [3.05, 3.63) is 47.5 Å². The maximum absolute atomic E-state index is 13.2. The van der Waals surface area contributed by atoms with Crippen molar-refractivity contribution in [1.29, 1.82) is 0 Å². The zero-order chi connectivity index (χ0) is 23.2. The number of nitrogens with two attached hydrogens (primary N) is 1. The maximum Gasteiger partial charge on any atom is 0.225 e. The summed E-state index contributed by atoms with van der Waals surface area (Å²) in [7, 11) is 1.57. The molecule has 0 aromatic carbocycles. The SMILES string of the molecule is CON=C(c1cc(C)ccn1)C1CCN(C(=O)C2CCN(Cc3cnc(N)nc3)CC2)CC1. The molecule has 0 aliphatic carbocycles. The Balaban J connectivity index is 1.28. The van der Waals surface area contributed by atoms with Gasteiger partial charge in [-0.3, -0.25) is 14.7 Å². The summed E-state index contributed by atoms with van der Waals surface area (Å²) in [6, 6.07) is 4.02. The maximum atomic E-state index is 13.2. The zero-order valence-corrected chi connectivity index (χ0v) is 19.5. The highest BCUT2D eigenvalue weighted by Crippen LogP contribution is 2.26. The smallest absolute Gasteiger partial charge is 0.225 e. The van der Waals surface area contributed by atoms with Gasteiger partial charge in [0.2, 0.25) is 11.9 Å². The molecule has 0 radical (unpaired) electrons. The predicted molar refractivity (Wildman–Crippen MR) is 126 cm³/mol. The van der Waals surface area contributed by atoms with Crippen molar-refractivity contribution < 1.29 is 9.63 Å². The van der Waals surface area contributed by atoms with Crippen molar-refractivity contribution in [2.75, 3.05) is 39.0 Å². The number of piperidine rings is 2. The molecule has 2 N–H and O–H groups in total. The van der Waals surface area contributed by atoms with E-state index in [9.17, 15) is 4.79 Å². The summed E-state index contributed by atoms with van der Waals surface area (Å²) in [5.41, 5.74) is 9.50. The van der Waals surface area contributed by atoms with Gasteiger partial charge in [-0.25, -0.2) is 9.97 Å². The highest BCUT2D eigenvalue weighted by Gasteiger charge is 2.32. The molecule has 2 saturated heterocycles. The summed E-state index contributed by atoms with van der Waals surface area (Å²) in [5.74, 6) is 0.934. The highest BCUT2D eigenvalue weighted by molar-refractivity contribution is 6.00. The first-order valence-corrected chi connectivity index (χ1v) is 11.6. The van der Waals surface area contributed by atoms with E-state index in [0.29, 0.717) is 11.9 Å². The monoisotopic (exact) mass is 451 g/mol. The lowest BCUT2D eigenvalue weighted by atomic mass is 9.88. The van der Waals surface area contributed by atoms with E-state index in [1.165, 1.54) is 0 Å². The van der Waals surface area contributed by atoms with Crippen LogP contribution in [0.15, 0.2) is 35.9 Å². The number of rotatable bonds is 6. The number of likely N-dealkylation sites (tertiary alicyclic amines) is 2. The summed E-state index contributed by atoms with van der Waals surface area (Å²) in [6.07, 6.45) is 8.88. The first-order valence-electron chi connectivity index (χ1n) is 11.6. The summed E-state index contributed by atoms with van der Waals surface area (Å²) in [5, 5.41) is 4.30. The molecule has 2 fully saturated rings. The summed E-state index contributed by atoms with van der Waals surface area (Å²) in [4.78, 5) is 35.3. The normalized spacial score (nSPS) is 19.0. The number of nitrogens with zero attached hydrogens (tertiary/aromatic N) is 6. The number of aromatic nitrogens is 3. The lowest BCUT2D eigenvalue weighted by Crippen LogP contribution is -2.46. The molecule has 4 rings (SSSR count). The summed E-state index contributed by atoms with van der Waals surface area (Å²) in [6.45, 7) is 6.15. The quantitative estimate of drug-likeness (QED) is 0.530. The molecule has 176 valence electrons. The molecule has 0 unspecified atom stereocenters. The van der Waals surface area contributed by atoms with Gasteiger partial charge in [0.15, 0.2) is 0 Å². The van der Waals surface area contributed by atoms with E-state index in [-0.39, 0.29) is 11.8 Å². The van der Waals surface area contributed by atoms with Gasteiger partial charge in [0.05, 0.1) is 5.69 Å². The second-order valence-electron chi connectivity index (χ2n) is 8.98. The van der Waals surface area contributed by atoms with Crippen LogP contribution in [-0.4, -0.2) is 69.7 Å². The van der Waals surface area contributed by atoms with Crippen LogP contribution in [0, 0.1) is 18.8 Å². The number of anilines is 1. The molecular weight excluding hydrogens is 418 g/mol. The summed E-state index contributed by atoms with van der Waals surface area (Å²) < 4.78 is 0. The van der Waals surface area contributed by atoms with Crippen LogP contribution < -0.4 is 5.73 Å². The van der Waals surface area contributed by atoms with Gasteiger partial charge < -0.3 is 15.5 Å². The second kappa shape index (κ2) is 10.7. The zero-order valence-electron chi connectivity index (χ0n) is 19.5. The standard InChI is InChI=1S/C24H33N7O2/c1-17-3-8-26-21(13-17)22(29-33-2)19-6-11-31(12-7-19)23(32)20-4-9-30(10-5-20)16-18-14-27-24(25)28-15-18/h3,8,13-15,19-20H,4-7,9-12,16H2,1-2H3,(H2,25,27,28). The number of hydrogen-bond donors (Lipinski definition) is 1. The molecule has 2 aromatic rings. The van der Waals surface area contributed by atoms with Gasteiger partial charge in [-0.15, -0.1) is 0 Å². The van der Waals surface area contributed by atoms with Crippen LogP contribution >= 0.6 is 0 Å². The number of oxime groups is 1. The molecule has 0 spiro atoms. The lowest BCUT2D eigenvalue weighted by molar-refractivity contribution is -0.138. The molecule has 0 bridgehead atoms. The van der Waals surface area contributed by atoms with Crippen LogP contribution in [0.3, 0.4) is 0 Å². The number of aryl methyl sites for hydroxylation is 1. The molecule has 9 nitrogen and oxygen atoms in total. The average molecular weight is 452 g/mol. The fourth-order valence-electron chi connectivity index (χ4n) is 4.78. The van der Waals surface area contributed by atoms with Crippen LogP contribution in [-0.2, 0) is 16.2 Å². The third-order valence-corrected chi connectivity index (χ3v) is 6.63. The van der Waals surface area contributed by atoms with Crippen LogP contribution in [0.5, 0.6) is 0 Å². The first-order chi connectivity index (χ1) is 16.0. The van der Waals surface area contributed by atoms with Crippen molar-refractivity contribution in [3.8, 4) is 0 Å². The van der Waals surface area contributed by atoms with Crippen molar-refractivity contribution in [2.24, 2.45) is 17.0 Å². The van der Waals surface area contributed by atoms with Gasteiger partial charge in [-0.2, -0.15) is 0 Å². The Morgan fingerprint density at radius 3 is 2.39 bits per heavy atom. The van der Waals surface area contributed by atoms with Crippen LogP contribution in [0.4, 0.5) is 5.95 Å². The minimum atomic E-state index is 0.103. The topological polar surface area (TPSA) is 110 Å². The Hall–Kier alpha value is -3.07. The van der Waals surface area contributed by atoms with Gasteiger partial charge in [-0.1, -0.05) is 5.16 Å². The number of carbonyl (C=O) groups excluding carboxylic acids is 1. The molecule has 4 heterocycles. The lowest BCUT2D eigenvalue weighted by Gasteiger charge is -2.37. The Kier molecular flexibility index (Phi) is 7.49. The van der Waals surface area contributed by atoms with Gasteiger partial charge >= 0.3 is 0 Å². The number of pyridine rings is 1. The van der Waals surface area contributed by atoms with E-state index >= 15 is 0 Å². The minimum absolute atomic E-state index is 0.103. The third-order valence-electron chi connectivity index (χ3n) is 6.63. The molecule has 0 saturated carbocycles. The van der Waals surface area contributed by atoms with Crippen LogP contribution in [0.25, 0.3) is 0 Å². The highest BCUT2D eigenvalue weighted by atomic mass is 16.6. The molecule has 2 aliphatic heterocycles. The Labute approximate surface area is 195 Å². The van der Waals surface area contributed by atoms with E-state index in [1.807, 2.05) is 24.0 Å². The fraction of sp³-hybridized carbons (Fsp3) is 0.542. The number of amides is 1. The molecule has 2 aromatic heterocycles. The average Bonchev–Trinajstić information content (AvgIpc) is 2.84. The Morgan fingerprint density at radius 1 is 1.09 bits per heavy atom. The molecule has 9 heteroatoms. The molecule has 0 atom stereocenters. The molecule has 33 heavy (non-hydrogen) atoms. The van der Waals surface area contributed by atoms with E-state index in [2.05, 4.69) is 25.0 Å². The van der Waals surface area contributed by atoms with Crippen molar-refractivity contribution in [1.82, 2.24) is 24.8 Å². The van der Waals surface area contributed by atoms with Crippen molar-refractivity contribution in [2.45, 2.75) is 39.2 Å². The van der Waals surface area contributed by atoms with Gasteiger partial charge in [0, 0.05) is 55.6 Å². The van der Waals surface area contributed by atoms with E-state index in [4.69, 9.17) is 10.6 Å². The van der Waals surface area contributed by atoms with Gasteiger partial charge in [-0.05, 0) is 63.4 Å². The van der Waals surface area contributed by atoms with E-state index in [1.54, 1.807) is 25.7 Å². The molecule has 2 aliphatic rings. The van der Waals surface area contributed by atoms with Gasteiger partial charge in [0.25, 0.3) is 0 Å². The predicted octanol–water partition coefficient (Wildman–Crippen LogP) is 2.26. The van der Waals surface area contributed by atoms with Crippen LogP contribution in [0.1, 0.15) is 42.5 Å². The molecule has 1 amide bonds. The number of nitrogen functional groups attached to an aromatic ring is 1. The first kappa shape index (κ1) is 23.1. The Morgan fingerprint density at radius 2 is 1.76 bits per heavy atom. The number of carbonyl (C=O) groups is 1. The summed E-state index contributed by atoms with van der Waals surface area (Å²) >= 11 is 0. The second-order valence-corrected chi connectivity index (χ2v) is 8.98. The fourth-order valence-corrected chi connectivity index (χ4v) is 4.78. The largest absolute Gasteiger partial charge is 0.399 e. The Bertz CT molecular complexity index is 963. The van der Waals surface area contributed by atoms with Crippen molar-refractivity contribution >= 4 is 17.6 Å². The van der Waals surface area contributed by atoms with Crippen molar-refractivity contribution in [3.63, 3.8) is 0 Å². The third kappa shape index (κ3) is 5.84. The number of hydrogen-bond acceptors (Lipinski definition) is 8. The van der Waals surface area contributed by atoms with Gasteiger partial charge in [0.1, 0.15) is 12.8 Å². The minimum Gasteiger partial charge on any atom is -0.399 e.